The molecule has 1 saturated carbocycles. The number of carbonyl (C=O) groups is 2. The summed E-state index contributed by atoms with van der Waals surface area (Å²) in [5.41, 5.74) is 3.87. The zero-order valence-electron chi connectivity index (χ0n) is 17.5. The van der Waals surface area contributed by atoms with E-state index in [1.807, 2.05) is 18.2 Å². The molecule has 2 fully saturated rings. The highest BCUT2D eigenvalue weighted by atomic mass is 16.2. The molecule has 0 atom stereocenters. The maximum Gasteiger partial charge on any atom is 0.251 e. The van der Waals surface area contributed by atoms with Gasteiger partial charge in [0.15, 0.2) is 5.82 Å². The summed E-state index contributed by atoms with van der Waals surface area (Å²) < 4.78 is 0. The van der Waals surface area contributed by atoms with Crippen LogP contribution in [0.3, 0.4) is 0 Å². The first-order chi connectivity index (χ1) is 15.1. The number of benzene rings is 2. The first kappa shape index (κ1) is 19.5. The molecule has 7 nitrogen and oxygen atoms in total. The number of hydrogen-bond acceptors (Lipinski definition) is 5. The number of nitrogens with one attached hydrogen (secondary N) is 2. The summed E-state index contributed by atoms with van der Waals surface area (Å²) in [5, 5.41) is 16.5. The summed E-state index contributed by atoms with van der Waals surface area (Å²) in [5.74, 6) is 0.857. The Kier molecular flexibility index (Phi) is 5.02. The molecule has 0 spiro atoms. The molecular weight excluding hydrogens is 390 g/mol. The van der Waals surface area contributed by atoms with Gasteiger partial charge in [-0.05, 0) is 60.7 Å². The lowest BCUT2D eigenvalue weighted by atomic mass is 9.96. The molecule has 2 aromatic carbocycles. The van der Waals surface area contributed by atoms with Crippen molar-refractivity contribution in [3.63, 3.8) is 0 Å². The van der Waals surface area contributed by atoms with Crippen molar-refractivity contribution < 1.29 is 9.59 Å². The van der Waals surface area contributed by atoms with E-state index < -0.39 is 0 Å². The second-order valence-electron chi connectivity index (χ2n) is 8.33. The Balaban J connectivity index is 1.49. The summed E-state index contributed by atoms with van der Waals surface area (Å²) in [6.45, 7) is 3.99. The summed E-state index contributed by atoms with van der Waals surface area (Å²) in [6, 6.07) is 12.4. The van der Waals surface area contributed by atoms with Crippen molar-refractivity contribution in [2.75, 3.05) is 24.5 Å². The number of amides is 2. The van der Waals surface area contributed by atoms with Crippen LogP contribution in [0.5, 0.6) is 0 Å². The second-order valence-corrected chi connectivity index (χ2v) is 8.33. The Labute approximate surface area is 180 Å². The Morgan fingerprint density at radius 3 is 2.87 bits per heavy atom. The number of aryl methyl sites for hydroxylation is 1. The Hall–Kier alpha value is -3.48. The fourth-order valence-corrected chi connectivity index (χ4v) is 4.02. The van der Waals surface area contributed by atoms with Crippen LogP contribution in [0.4, 0.5) is 5.82 Å². The van der Waals surface area contributed by atoms with Crippen LogP contribution in [0.2, 0.25) is 0 Å². The fourth-order valence-electron chi connectivity index (χ4n) is 4.02. The van der Waals surface area contributed by atoms with Gasteiger partial charge in [-0.2, -0.15) is 5.10 Å². The number of nitrogens with zero attached hydrogens (tertiary/aromatic N) is 3. The minimum absolute atomic E-state index is 0.0120. The molecule has 2 N–H and O–H groups in total. The number of aromatic nitrogens is 2. The summed E-state index contributed by atoms with van der Waals surface area (Å²) in [7, 11) is 0. The third-order valence-corrected chi connectivity index (χ3v) is 5.98. The number of rotatable bonds is 4. The predicted molar refractivity (Wildman–Crippen MR) is 120 cm³/mol. The van der Waals surface area contributed by atoms with Gasteiger partial charge in [0.2, 0.25) is 5.91 Å². The number of hydrogen-bond donors (Lipinski definition) is 2. The highest BCUT2D eigenvalue weighted by molar-refractivity contribution is 5.98. The van der Waals surface area contributed by atoms with Gasteiger partial charge in [-0.25, -0.2) is 0 Å². The smallest absolute Gasteiger partial charge is 0.251 e. The van der Waals surface area contributed by atoms with Crippen LogP contribution in [0.1, 0.15) is 35.2 Å². The van der Waals surface area contributed by atoms with E-state index in [9.17, 15) is 9.59 Å². The lowest BCUT2D eigenvalue weighted by molar-refractivity contribution is -0.120. The molecule has 2 aliphatic rings. The SMILES string of the molecule is Cc1ccc(C(=O)NC2CC2)cc1-c1ccc2c(N3CCNC(=O)CC3)nncc2c1. The van der Waals surface area contributed by atoms with Crippen molar-refractivity contribution in [1.82, 2.24) is 20.8 Å². The molecule has 2 heterocycles. The zero-order chi connectivity index (χ0) is 21.4. The van der Waals surface area contributed by atoms with Crippen LogP contribution in [0.15, 0.2) is 42.6 Å². The van der Waals surface area contributed by atoms with E-state index in [-0.39, 0.29) is 11.8 Å². The summed E-state index contributed by atoms with van der Waals surface area (Å²) in [6.07, 6.45) is 4.35. The van der Waals surface area contributed by atoms with Crippen molar-refractivity contribution in [2.24, 2.45) is 0 Å². The second kappa shape index (κ2) is 7.98. The molecule has 1 aromatic heterocycles. The maximum absolute atomic E-state index is 12.5. The van der Waals surface area contributed by atoms with Gasteiger partial charge in [0.05, 0.1) is 6.20 Å². The van der Waals surface area contributed by atoms with Gasteiger partial charge in [-0.1, -0.05) is 12.1 Å². The molecule has 1 saturated heterocycles. The molecule has 158 valence electrons. The minimum atomic E-state index is -0.0120. The zero-order valence-corrected chi connectivity index (χ0v) is 17.5. The van der Waals surface area contributed by atoms with Gasteiger partial charge in [-0.15, -0.1) is 5.10 Å². The number of anilines is 1. The third-order valence-electron chi connectivity index (χ3n) is 5.98. The van der Waals surface area contributed by atoms with Gasteiger partial charge in [-0.3, -0.25) is 9.59 Å². The minimum Gasteiger partial charge on any atom is -0.354 e. The molecule has 7 heteroatoms. The van der Waals surface area contributed by atoms with Crippen molar-refractivity contribution >= 4 is 28.4 Å². The Morgan fingerprint density at radius 1 is 1.16 bits per heavy atom. The van der Waals surface area contributed by atoms with Crippen molar-refractivity contribution in [2.45, 2.75) is 32.2 Å². The Morgan fingerprint density at radius 2 is 2.03 bits per heavy atom. The molecule has 31 heavy (non-hydrogen) atoms. The van der Waals surface area contributed by atoms with E-state index in [0.29, 0.717) is 37.7 Å². The first-order valence-electron chi connectivity index (χ1n) is 10.8. The van der Waals surface area contributed by atoms with Crippen molar-refractivity contribution in [3.05, 3.63) is 53.7 Å². The van der Waals surface area contributed by atoms with Gasteiger partial charge in [0, 0.05) is 48.4 Å². The van der Waals surface area contributed by atoms with E-state index in [1.165, 1.54) is 0 Å². The van der Waals surface area contributed by atoms with Crippen LogP contribution in [-0.4, -0.2) is 47.7 Å². The van der Waals surface area contributed by atoms with Crippen LogP contribution in [0, 0.1) is 6.92 Å². The average molecular weight is 415 g/mol. The van der Waals surface area contributed by atoms with E-state index in [1.54, 1.807) is 6.20 Å². The van der Waals surface area contributed by atoms with E-state index >= 15 is 0 Å². The lowest BCUT2D eigenvalue weighted by Crippen LogP contribution is -2.29. The molecule has 3 aromatic rings. The normalized spacial score (nSPS) is 16.7. The van der Waals surface area contributed by atoms with Crippen molar-refractivity contribution in [1.29, 1.82) is 0 Å². The van der Waals surface area contributed by atoms with Gasteiger partial charge in [0.25, 0.3) is 5.91 Å². The highest BCUT2D eigenvalue weighted by Gasteiger charge is 2.24. The standard InChI is InChI=1S/C24H25N5O2/c1-15-2-3-17(24(31)27-19-5-6-19)13-21(15)16-4-7-20-18(12-16)14-26-28-23(20)29-10-8-22(30)25-9-11-29/h2-4,7,12-14,19H,5-6,8-11H2,1H3,(H,25,30)(H,27,31). The third kappa shape index (κ3) is 4.08. The molecule has 1 aliphatic carbocycles. The van der Waals surface area contributed by atoms with E-state index in [4.69, 9.17) is 0 Å². The quantitative estimate of drug-likeness (QED) is 0.684. The fraction of sp³-hybridized carbons (Fsp3) is 0.333. The first-order valence-corrected chi connectivity index (χ1v) is 10.8. The van der Waals surface area contributed by atoms with E-state index in [2.05, 4.69) is 50.9 Å². The molecule has 2 amide bonds. The van der Waals surface area contributed by atoms with Gasteiger partial charge in [0.1, 0.15) is 0 Å². The molecule has 0 unspecified atom stereocenters. The summed E-state index contributed by atoms with van der Waals surface area (Å²) in [4.78, 5) is 26.3. The van der Waals surface area contributed by atoms with Crippen LogP contribution in [0.25, 0.3) is 21.9 Å². The molecule has 0 bridgehead atoms. The summed E-state index contributed by atoms with van der Waals surface area (Å²) >= 11 is 0. The number of carbonyl (C=O) groups excluding carboxylic acids is 2. The highest BCUT2D eigenvalue weighted by Crippen LogP contribution is 2.31. The van der Waals surface area contributed by atoms with Gasteiger partial charge < -0.3 is 15.5 Å². The lowest BCUT2D eigenvalue weighted by Gasteiger charge is -2.21. The topological polar surface area (TPSA) is 87.2 Å². The maximum atomic E-state index is 12.5. The van der Waals surface area contributed by atoms with Crippen molar-refractivity contribution in [3.8, 4) is 11.1 Å². The van der Waals surface area contributed by atoms with Crippen LogP contribution in [-0.2, 0) is 4.79 Å². The Bertz CT molecular complexity index is 1170. The number of fused-ring (bicyclic) bond motifs is 1. The largest absolute Gasteiger partial charge is 0.354 e. The molecule has 0 radical (unpaired) electrons. The van der Waals surface area contributed by atoms with Gasteiger partial charge >= 0.3 is 0 Å². The van der Waals surface area contributed by atoms with E-state index in [0.717, 1.165) is 46.1 Å². The molecule has 1 aliphatic heterocycles. The monoisotopic (exact) mass is 415 g/mol. The molecular formula is C24H25N5O2. The van der Waals surface area contributed by atoms with Crippen LogP contribution >= 0.6 is 0 Å². The predicted octanol–water partition coefficient (Wildman–Crippen LogP) is 2.82. The molecule has 5 rings (SSSR count). The average Bonchev–Trinajstić information content (AvgIpc) is 3.61. The van der Waals surface area contributed by atoms with Crippen LogP contribution < -0.4 is 15.5 Å².